The van der Waals surface area contributed by atoms with Crippen LogP contribution in [0.1, 0.15) is 52.0 Å². The smallest absolute Gasteiger partial charge is 0.262 e. The summed E-state index contributed by atoms with van der Waals surface area (Å²) in [5.74, 6) is -0.523. The van der Waals surface area contributed by atoms with Crippen molar-refractivity contribution in [3.05, 3.63) is 59.3 Å². The Bertz CT molecular complexity index is 898. The topological polar surface area (TPSA) is 88.6 Å². The maximum absolute atomic E-state index is 12.4. The minimum Gasteiger partial charge on any atom is -0.474 e. The number of hydrogen-bond donors (Lipinski definition) is 1. The van der Waals surface area contributed by atoms with Gasteiger partial charge in [-0.2, -0.15) is 0 Å². The predicted molar refractivity (Wildman–Crippen MR) is 106 cm³/mol. The molecule has 1 saturated carbocycles. The van der Waals surface area contributed by atoms with E-state index in [1.807, 2.05) is 19.1 Å². The molecule has 7 heteroatoms. The normalized spacial score (nSPS) is 21.1. The Kier molecular flexibility index (Phi) is 5.29. The van der Waals surface area contributed by atoms with Crippen LogP contribution in [0.2, 0.25) is 0 Å². The second-order valence-corrected chi connectivity index (χ2v) is 7.57. The average molecular weight is 393 g/mol. The number of carbonyl (C=O) groups excluding carboxylic acids is 3. The van der Waals surface area contributed by atoms with E-state index >= 15 is 0 Å². The number of nitrogens with one attached hydrogen (secondary N) is 1. The summed E-state index contributed by atoms with van der Waals surface area (Å²) in [5.41, 5.74) is 1.79. The van der Waals surface area contributed by atoms with Gasteiger partial charge in [-0.1, -0.05) is 18.2 Å². The first kappa shape index (κ1) is 19.1. The zero-order valence-corrected chi connectivity index (χ0v) is 16.3. The van der Waals surface area contributed by atoms with Gasteiger partial charge in [0.1, 0.15) is 12.6 Å². The van der Waals surface area contributed by atoms with Crippen molar-refractivity contribution in [1.82, 2.24) is 15.2 Å². The van der Waals surface area contributed by atoms with Crippen molar-refractivity contribution in [1.29, 1.82) is 0 Å². The standard InChI is InChI=1S/C22H23N3O4/c1-14-6-11-20(23-12-14)29-16-9-7-15(8-10-16)24-19(26)13-25-21(27)17-4-2-3-5-18(17)22(25)28/h2-6,11-12,15-16H,7-10,13H2,1H3,(H,24,26). The summed E-state index contributed by atoms with van der Waals surface area (Å²) in [6.45, 7) is 1.72. The number of aromatic nitrogens is 1. The van der Waals surface area contributed by atoms with Gasteiger partial charge in [-0.05, 0) is 50.3 Å². The number of pyridine rings is 1. The molecule has 2 aromatic rings. The van der Waals surface area contributed by atoms with Crippen molar-refractivity contribution in [2.24, 2.45) is 0 Å². The Balaban J connectivity index is 1.26. The van der Waals surface area contributed by atoms with Crippen LogP contribution in [-0.4, -0.2) is 46.3 Å². The Labute approximate surface area is 169 Å². The number of benzene rings is 1. The molecule has 1 fully saturated rings. The van der Waals surface area contributed by atoms with E-state index < -0.39 is 11.8 Å². The van der Waals surface area contributed by atoms with Gasteiger partial charge in [-0.25, -0.2) is 4.98 Å². The Hall–Kier alpha value is -3.22. The van der Waals surface area contributed by atoms with E-state index in [0.717, 1.165) is 36.1 Å². The lowest BCUT2D eigenvalue weighted by Gasteiger charge is -2.29. The highest BCUT2D eigenvalue weighted by Crippen LogP contribution is 2.24. The zero-order valence-electron chi connectivity index (χ0n) is 16.3. The molecule has 2 aliphatic rings. The third kappa shape index (κ3) is 4.13. The number of ether oxygens (including phenoxy) is 1. The van der Waals surface area contributed by atoms with Crippen LogP contribution in [0.4, 0.5) is 0 Å². The van der Waals surface area contributed by atoms with E-state index in [9.17, 15) is 14.4 Å². The highest BCUT2D eigenvalue weighted by molar-refractivity contribution is 6.22. The van der Waals surface area contributed by atoms with E-state index in [1.54, 1.807) is 30.5 Å². The average Bonchev–Trinajstić information content (AvgIpc) is 2.96. The Morgan fingerprint density at radius 3 is 2.31 bits per heavy atom. The molecule has 29 heavy (non-hydrogen) atoms. The molecule has 1 aromatic carbocycles. The largest absolute Gasteiger partial charge is 0.474 e. The first-order chi connectivity index (χ1) is 14.0. The molecule has 7 nitrogen and oxygen atoms in total. The van der Waals surface area contributed by atoms with Crippen molar-refractivity contribution in [3.63, 3.8) is 0 Å². The lowest BCUT2D eigenvalue weighted by Crippen LogP contribution is -2.45. The van der Waals surface area contributed by atoms with E-state index in [-0.39, 0.29) is 24.6 Å². The quantitative estimate of drug-likeness (QED) is 0.789. The molecule has 1 aromatic heterocycles. The predicted octanol–water partition coefficient (Wildman–Crippen LogP) is 2.49. The molecule has 0 atom stereocenters. The van der Waals surface area contributed by atoms with Gasteiger partial charge in [0.15, 0.2) is 0 Å². The third-order valence-corrected chi connectivity index (χ3v) is 5.39. The van der Waals surface area contributed by atoms with Crippen molar-refractivity contribution < 1.29 is 19.1 Å². The van der Waals surface area contributed by atoms with Crippen molar-refractivity contribution >= 4 is 17.7 Å². The highest BCUT2D eigenvalue weighted by atomic mass is 16.5. The number of imide groups is 1. The van der Waals surface area contributed by atoms with Crippen molar-refractivity contribution in [2.75, 3.05) is 6.54 Å². The molecule has 0 spiro atoms. The van der Waals surface area contributed by atoms with Gasteiger partial charge in [-0.15, -0.1) is 0 Å². The Morgan fingerprint density at radius 1 is 1.07 bits per heavy atom. The van der Waals surface area contributed by atoms with Crippen LogP contribution in [0.25, 0.3) is 0 Å². The van der Waals surface area contributed by atoms with Crippen molar-refractivity contribution in [3.8, 4) is 5.88 Å². The minimum absolute atomic E-state index is 0.0171. The molecule has 1 aliphatic carbocycles. The van der Waals surface area contributed by atoms with Gasteiger partial charge in [0, 0.05) is 18.3 Å². The second-order valence-electron chi connectivity index (χ2n) is 7.57. The van der Waals surface area contributed by atoms with Crippen LogP contribution in [0, 0.1) is 6.92 Å². The van der Waals surface area contributed by atoms with Crippen LogP contribution >= 0.6 is 0 Å². The summed E-state index contributed by atoms with van der Waals surface area (Å²) in [5, 5.41) is 2.95. The summed E-state index contributed by atoms with van der Waals surface area (Å²) in [6.07, 6.45) is 5.05. The fourth-order valence-electron chi connectivity index (χ4n) is 3.82. The highest BCUT2D eigenvalue weighted by Gasteiger charge is 2.36. The summed E-state index contributed by atoms with van der Waals surface area (Å²) in [4.78, 5) is 42.4. The number of fused-ring (bicyclic) bond motifs is 1. The fraction of sp³-hybridized carbons (Fsp3) is 0.364. The van der Waals surface area contributed by atoms with Crippen molar-refractivity contribution in [2.45, 2.75) is 44.8 Å². The zero-order chi connectivity index (χ0) is 20.4. The SMILES string of the molecule is Cc1ccc(OC2CCC(NC(=O)CN3C(=O)c4ccccc4C3=O)CC2)nc1. The van der Waals surface area contributed by atoms with Crippen LogP contribution in [0.3, 0.4) is 0 Å². The first-order valence-corrected chi connectivity index (χ1v) is 9.85. The molecule has 3 amide bonds. The molecular formula is C22H23N3O4. The third-order valence-electron chi connectivity index (χ3n) is 5.39. The van der Waals surface area contributed by atoms with Gasteiger partial charge in [0.25, 0.3) is 11.8 Å². The molecule has 1 N–H and O–H groups in total. The van der Waals surface area contributed by atoms with Crippen LogP contribution in [-0.2, 0) is 4.79 Å². The van der Waals surface area contributed by atoms with E-state index in [4.69, 9.17) is 4.74 Å². The summed E-state index contributed by atoms with van der Waals surface area (Å²) in [6, 6.07) is 10.5. The first-order valence-electron chi connectivity index (χ1n) is 9.85. The van der Waals surface area contributed by atoms with Crippen LogP contribution in [0.15, 0.2) is 42.6 Å². The number of hydrogen-bond acceptors (Lipinski definition) is 5. The van der Waals surface area contributed by atoms with Gasteiger partial charge in [0.2, 0.25) is 11.8 Å². The number of aryl methyl sites for hydroxylation is 1. The molecule has 150 valence electrons. The van der Waals surface area contributed by atoms with E-state index in [0.29, 0.717) is 17.0 Å². The molecular weight excluding hydrogens is 370 g/mol. The maximum Gasteiger partial charge on any atom is 0.262 e. The summed E-state index contributed by atoms with van der Waals surface area (Å²) < 4.78 is 5.91. The van der Waals surface area contributed by atoms with Gasteiger partial charge in [-0.3, -0.25) is 19.3 Å². The monoisotopic (exact) mass is 393 g/mol. The van der Waals surface area contributed by atoms with Gasteiger partial charge in [0.05, 0.1) is 11.1 Å². The van der Waals surface area contributed by atoms with Gasteiger partial charge >= 0.3 is 0 Å². The lowest BCUT2D eigenvalue weighted by molar-refractivity contribution is -0.122. The minimum atomic E-state index is -0.413. The van der Waals surface area contributed by atoms with Crippen LogP contribution < -0.4 is 10.1 Å². The molecule has 0 bridgehead atoms. The molecule has 1 aliphatic heterocycles. The number of amides is 3. The van der Waals surface area contributed by atoms with Crippen LogP contribution in [0.5, 0.6) is 5.88 Å². The number of rotatable bonds is 5. The molecule has 0 unspecified atom stereocenters. The number of carbonyl (C=O) groups is 3. The summed E-state index contributed by atoms with van der Waals surface area (Å²) >= 11 is 0. The molecule has 0 saturated heterocycles. The van der Waals surface area contributed by atoms with Gasteiger partial charge < -0.3 is 10.1 Å². The lowest BCUT2D eigenvalue weighted by atomic mass is 9.93. The maximum atomic E-state index is 12.4. The molecule has 2 heterocycles. The number of nitrogens with zero attached hydrogens (tertiary/aromatic N) is 2. The summed E-state index contributed by atoms with van der Waals surface area (Å²) in [7, 11) is 0. The molecule has 0 radical (unpaired) electrons. The van der Waals surface area contributed by atoms with E-state index in [1.165, 1.54) is 0 Å². The fourth-order valence-corrected chi connectivity index (χ4v) is 3.82. The Morgan fingerprint density at radius 2 is 1.72 bits per heavy atom. The molecule has 4 rings (SSSR count). The second kappa shape index (κ2) is 8.03. The van der Waals surface area contributed by atoms with E-state index in [2.05, 4.69) is 10.3 Å².